The molecule has 7 heteroatoms. The number of guanidine groups is 1. The number of aliphatic imine (C=N–C) groups is 1. The standard InChI is InChI=1S/C16H28N4O2S/c1-12(2)5-4-6-13(3)20-16(17)19-11-14-7-9-15(10-8-14)23(18,21)22/h7-10,12-13H,4-6,11H2,1-3H3,(H3,17,19,20)(H2,18,21,22). The van der Waals surface area contributed by atoms with Crippen molar-refractivity contribution in [1.29, 1.82) is 0 Å². The molecule has 1 aromatic rings. The van der Waals surface area contributed by atoms with Crippen molar-refractivity contribution < 1.29 is 8.42 Å². The van der Waals surface area contributed by atoms with Crippen molar-refractivity contribution in [2.75, 3.05) is 0 Å². The van der Waals surface area contributed by atoms with Gasteiger partial charge in [-0.1, -0.05) is 38.8 Å². The summed E-state index contributed by atoms with van der Waals surface area (Å²) in [5.41, 5.74) is 6.75. The smallest absolute Gasteiger partial charge is 0.238 e. The first-order valence-corrected chi connectivity index (χ1v) is 9.41. The van der Waals surface area contributed by atoms with Crippen molar-refractivity contribution >= 4 is 16.0 Å². The lowest BCUT2D eigenvalue weighted by molar-refractivity contribution is 0.493. The Labute approximate surface area is 139 Å². The van der Waals surface area contributed by atoms with Crippen LogP contribution in [0.25, 0.3) is 0 Å². The minimum atomic E-state index is -3.65. The van der Waals surface area contributed by atoms with Crippen LogP contribution in [-0.2, 0) is 16.6 Å². The van der Waals surface area contributed by atoms with Crippen LogP contribution in [0, 0.1) is 5.92 Å². The van der Waals surface area contributed by atoms with Crippen LogP contribution < -0.4 is 16.2 Å². The van der Waals surface area contributed by atoms with E-state index in [4.69, 9.17) is 10.9 Å². The first-order chi connectivity index (χ1) is 10.7. The minimum absolute atomic E-state index is 0.0927. The highest BCUT2D eigenvalue weighted by atomic mass is 32.2. The van der Waals surface area contributed by atoms with E-state index in [0.717, 1.165) is 18.4 Å². The van der Waals surface area contributed by atoms with E-state index in [1.54, 1.807) is 12.1 Å². The molecule has 0 aromatic heterocycles. The quantitative estimate of drug-likeness (QED) is 0.496. The molecule has 0 amide bonds. The molecule has 6 nitrogen and oxygen atoms in total. The Hall–Kier alpha value is -1.60. The van der Waals surface area contributed by atoms with Gasteiger partial charge in [-0.05, 0) is 37.0 Å². The Kier molecular flexibility index (Phi) is 7.51. The molecular weight excluding hydrogens is 312 g/mol. The van der Waals surface area contributed by atoms with Gasteiger partial charge in [-0.25, -0.2) is 18.5 Å². The fourth-order valence-corrected chi connectivity index (χ4v) is 2.68. The number of nitrogens with zero attached hydrogens (tertiary/aromatic N) is 1. The molecule has 1 atom stereocenters. The Bertz CT molecular complexity index is 609. The Morgan fingerprint density at radius 1 is 1.17 bits per heavy atom. The zero-order chi connectivity index (χ0) is 17.5. The highest BCUT2D eigenvalue weighted by molar-refractivity contribution is 7.89. The van der Waals surface area contributed by atoms with Crippen molar-refractivity contribution in [2.24, 2.45) is 21.8 Å². The van der Waals surface area contributed by atoms with E-state index in [0.29, 0.717) is 18.4 Å². The van der Waals surface area contributed by atoms with E-state index in [1.165, 1.54) is 18.6 Å². The Balaban J connectivity index is 2.47. The van der Waals surface area contributed by atoms with Gasteiger partial charge in [-0.3, -0.25) is 0 Å². The summed E-state index contributed by atoms with van der Waals surface area (Å²) < 4.78 is 22.4. The first kappa shape index (κ1) is 19.4. The normalized spacial score (nSPS) is 14.0. The van der Waals surface area contributed by atoms with Crippen LogP contribution in [-0.4, -0.2) is 20.4 Å². The summed E-state index contributed by atoms with van der Waals surface area (Å²) in [6, 6.07) is 6.59. The molecule has 0 fully saturated rings. The molecule has 1 rings (SSSR count). The minimum Gasteiger partial charge on any atom is -0.370 e. The van der Waals surface area contributed by atoms with Crippen LogP contribution in [0.4, 0.5) is 0 Å². The predicted octanol–water partition coefficient (Wildman–Crippen LogP) is 1.95. The maximum absolute atomic E-state index is 11.2. The van der Waals surface area contributed by atoms with Crippen molar-refractivity contribution in [3.63, 3.8) is 0 Å². The summed E-state index contributed by atoms with van der Waals surface area (Å²) in [5.74, 6) is 1.12. The summed E-state index contributed by atoms with van der Waals surface area (Å²) in [7, 11) is -3.65. The predicted molar refractivity (Wildman–Crippen MR) is 94.4 cm³/mol. The highest BCUT2D eigenvalue weighted by Crippen LogP contribution is 2.10. The van der Waals surface area contributed by atoms with Crippen LogP contribution in [0.2, 0.25) is 0 Å². The van der Waals surface area contributed by atoms with Crippen LogP contribution in [0.3, 0.4) is 0 Å². The summed E-state index contributed by atoms with van der Waals surface area (Å²) >= 11 is 0. The molecule has 1 aromatic carbocycles. The number of hydrogen-bond donors (Lipinski definition) is 3. The van der Waals surface area contributed by atoms with Gasteiger partial charge < -0.3 is 11.1 Å². The molecule has 0 aliphatic carbocycles. The fraction of sp³-hybridized carbons (Fsp3) is 0.562. The average molecular weight is 340 g/mol. The largest absolute Gasteiger partial charge is 0.370 e. The molecule has 0 spiro atoms. The number of hydrogen-bond acceptors (Lipinski definition) is 3. The van der Waals surface area contributed by atoms with Gasteiger partial charge in [0.25, 0.3) is 0 Å². The second kappa shape index (κ2) is 8.88. The molecule has 23 heavy (non-hydrogen) atoms. The molecule has 0 radical (unpaired) electrons. The maximum Gasteiger partial charge on any atom is 0.238 e. The van der Waals surface area contributed by atoms with E-state index >= 15 is 0 Å². The number of benzene rings is 1. The molecule has 0 aliphatic rings. The molecule has 0 saturated heterocycles. The van der Waals surface area contributed by atoms with E-state index < -0.39 is 10.0 Å². The third kappa shape index (κ3) is 7.99. The average Bonchev–Trinajstić information content (AvgIpc) is 2.44. The van der Waals surface area contributed by atoms with Gasteiger partial charge in [-0.15, -0.1) is 0 Å². The SMILES string of the molecule is CC(C)CCCC(C)NC(N)=NCc1ccc(S(N)(=O)=O)cc1. The Morgan fingerprint density at radius 3 is 2.30 bits per heavy atom. The molecular formula is C16H28N4O2S. The number of rotatable bonds is 8. The number of nitrogens with one attached hydrogen (secondary N) is 1. The van der Waals surface area contributed by atoms with Gasteiger partial charge in [0.1, 0.15) is 0 Å². The van der Waals surface area contributed by atoms with E-state index in [-0.39, 0.29) is 10.9 Å². The topological polar surface area (TPSA) is 111 Å². The fourth-order valence-electron chi connectivity index (χ4n) is 2.16. The van der Waals surface area contributed by atoms with Gasteiger partial charge in [0.2, 0.25) is 10.0 Å². The molecule has 5 N–H and O–H groups in total. The van der Waals surface area contributed by atoms with Gasteiger partial charge in [0.15, 0.2) is 5.96 Å². The molecule has 130 valence electrons. The van der Waals surface area contributed by atoms with Crippen molar-refractivity contribution in [1.82, 2.24) is 5.32 Å². The molecule has 0 aliphatic heterocycles. The Morgan fingerprint density at radius 2 is 1.78 bits per heavy atom. The van der Waals surface area contributed by atoms with Crippen LogP contribution in [0.5, 0.6) is 0 Å². The lowest BCUT2D eigenvalue weighted by Crippen LogP contribution is -2.38. The van der Waals surface area contributed by atoms with Crippen LogP contribution in [0.15, 0.2) is 34.2 Å². The number of nitrogens with two attached hydrogens (primary N) is 2. The van der Waals surface area contributed by atoms with Gasteiger partial charge in [0.05, 0.1) is 11.4 Å². The lowest BCUT2D eigenvalue weighted by atomic mass is 10.0. The van der Waals surface area contributed by atoms with E-state index in [9.17, 15) is 8.42 Å². The van der Waals surface area contributed by atoms with E-state index in [2.05, 4.69) is 31.1 Å². The van der Waals surface area contributed by atoms with Gasteiger partial charge in [0, 0.05) is 6.04 Å². The maximum atomic E-state index is 11.2. The third-order valence-corrected chi connectivity index (χ3v) is 4.43. The molecule has 0 heterocycles. The monoisotopic (exact) mass is 340 g/mol. The first-order valence-electron chi connectivity index (χ1n) is 7.86. The zero-order valence-electron chi connectivity index (χ0n) is 14.1. The second-order valence-corrected chi connectivity index (χ2v) is 7.82. The highest BCUT2D eigenvalue weighted by Gasteiger charge is 2.07. The van der Waals surface area contributed by atoms with Gasteiger partial charge in [-0.2, -0.15) is 0 Å². The van der Waals surface area contributed by atoms with Crippen molar-refractivity contribution in [3.8, 4) is 0 Å². The van der Waals surface area contributed by atoms with Crippen molar-refractivity contribution in [3.05, 3.63) is 29.8 Å². The summed E-state index contributed by atoms with van der Waals surface area (Å²) in [6.45, 7) is 6.91. The van der Waals surface area contributed by atoms with E-state index in [1.807, 2.05) is 0 Å². The van der Waals surface area contributed by atoms with Crippen LogP contribution >= 0.6 is 0 Å². The van der Waals surface area contributed by atoms with Crippen molar-refractivity contribution in [2.45, 2.75) is 57.5 Å². The summed E-state index contributed by atoms with van der Waals surface area (Å²) in [5, 5.41) is 8.23. The number of primary sulfonamides is 1. The summed E-state index contributed by atoms with van der Waals surface area (Å²) in [6.07, 6.45) is 3.42. The molecule has 0 saturated carbocycles. The number of sulfonamides is 1. The van der Waals surface area contributed by atoms with Gasteiger partial charge >= 0.3 is 0 Å². The molecule has 1 unspecified atom stereocenters. The second-order valence-electron chi connectivity index (χ2n) is 6.26. The zero-order valence-corrected chi connectivity index (χ0v) is 14.9. The third-order valence-electron chi connectivity index (χ3n) is 3.50. The lowest BCUT2D eigenvalue weighted by Gasteiger charge is -2.15. The van der Waals surface area contributed by atoms with Crippen LogP contribution in [0.1, 0.15) is 45.6 Å². The molecule has 0 bridgehead atoms. The summed E-state index contributed by atoms with van der Waals surface area (Å²) in [4.78, 5) is 4.36.